The SMILES string of the molecule is CN=C(Cn1nc(-c2ccc(OC)c(F)c2F)c2c(N)ncnc21)N(C(=O)c1ccccc1Cl)c1ccccc1. The molecule has 0 aliphatic carbocycles. The van der Waals surface area contributed by atoms with E-state index in [9.17, 15) is 9.18 Å². The molecule has 0 bridgehead atoms. The van der Waals surface area contributed by atoms with Gasteiger partial charge in [-0.25, -0.2) is 19.0 Å². The molecular formula is C28H22ClF2N7O2. The van der Waals surface area contributed by atoms with Gasteiger partial charge in [0.2, 0.25) is 5.82 Å². The molecule has 2 heterocycles. The summed E-state index contributed by atoms with van der Waals surface area (Å²) in [5.74, 6) is -2.74. The lowest BCUT2D eigenvalue weighted by Gasteiger charge is -2.25. The molecule has 0 saturated carbocycles. The first-order valence-corrected chi connectivity index (χ1v) is 12.3. The second-order valence-corrected chi connectivity index (χ2v) is 8.91. The molecule has 0 unspecified atom stereocenters. The van der Waals surface area contributed by atoms with E-state index < -0.39 is 17.5 Å². The van der Waals surface area contributed by atoms with Gasteiger partial charge in [0.15, 0.2) is 17.2 Å². The summed E-state index contributed by atoms with van der Waals surface area (Å²) >= 11 is 6.36. The van der Waals surface area contributed by atoms with E-state index in [4.69, 9.17) is 22.1 Å². The van der Waals surface area contributed by atoms with Crippen molar-refractivity contribution >= 4 is 45.9 Å². The van der Waals surface area contributed by atoms with Crippen LogP contribution in [-0.4, -0.2) is 45.6 Å². The van der Waals surface area contributed by atoms with Crippen molar-refractivity contribution in [1.82, 2.24) is 19.7 Å². The predicted molar refractivity (Wildman–Crippen MR) is 150 cm³/mol. The molecule has 5 aromatic rings. The average molecular weight is 562 g/mol. The Morgan fingerprint density at radius 3 is 2.48 bits per heavy atom. The minimum Gasteiger partial charge on any atom is -0.494 e. The minimum absolute atomic E-state index is 0.0175. The molecule has 0 atom stereocenters. The number of hydrogen-bond acceptors (Lipinski definition) is 7. The van der Waals surface area contributed by atoms with Crippen molar-refractivity contribution in [2.45, 2.75) is 6.54 Å². The van der Waals surface area contributed by atoms with Crippen molar-refractivity contribution in [2.24, 2.45) is 4.99 Å². The summed E-state index contributed by atoms with van der Waals surface area (Å²) in [4.78, 5) is 27.9. The van der Waals surface area contributed by atoms with Crippen LogP contribution in [0.25, 0.3) is 22.3 Å². The number of para-hydroxylation sites is 1. The highest BCUT2D eigenvalue weighted by Gasteiger charge is 2.28. The number of rotatable bonds is 6. The first kappa shape index (κ1) is 26.7. The fraction of sp³-hybridized carbons (Fsp3) is 0.107. The van der Waals surface area contributed by atoms with Crippen LogP contribution in [0.4, 0.5) is 20.3 Å². The lowest BCUT2D eigenvalue weighted by Crippen LogP contribution is -2.39. The molecule has 3 aromatic carbocycles. The maximum atomic E-state index is 15.1. The van der Waals surface area contributed by atoms with Gasteiger partial charge in [-0.3, -0.25) is 14.7 Å². The lowest BCUT2D eigenvalue weighted by atomic mass is 10.1. The Morgan fingerprint density at radius 1 is 1.05 bits per heavy atom. The zero-order valence-electron chi connectivity index (χ0n) is 21.3. The summed E-state index contributed by atoms with van der Waals surface area (Å²) in [5, 5.41) is 5.02. The molecule has 40 heavy (non-hydrogen) atoms. The Morgan fingerprint density at radius 2 is 1.77 bits per heavy atom. The van der Waals surface area contributed by atoms with Gasteiger partial charge in [0.1, 0.15) is 30.2 Å². The number of aliphatic imine (C=N–C) groups is 1. The minimum atomic E-state index is -1.17. The molecule has 12 heteroatoms. The maximum absolute atomic E-state index is 15.1. The number of nitrogens with two attached hydrogens (primary N) is 1. The monoisotopic (exact) mass is 561 g/mol. The summed E-state index contributed by atoms with van der Waals surface area (Å²) in [6, 6.07) is 18.2. The molecule has 5 rings (SSSR count). The summed E-state index contributed by atoms with van der Waals surface area (Å²) < 4.78 is 36.1. The number of benzene rings is 3. The molecule has 0 fully saturated rings. The third-order valence-corrected chi connectivity index (χ3v) is 6.54. The number of ether oxygens (including phenoxy) is 1. The molecule has 1 amide bonds. The van der Waals surface area contributed by atoms with Crippen molar-refractivity contribution in [2.75, 3.05) is 24.8 Å². The van der Waals surface area contributed by atoms with E-state index in [1.807, 2.05) is 6.07 Å². The Kier molecular flexibility index (Phi) is 7.39. The van der Waals surface area contributed by atoms with E-state index >= 15 is 4.39 Å². The number of fused-ring (bicyclic) bond motifs is 1. The van der Waals surface area contributed by atoms with Crippen LogP contribution < -0.4 is 15.4 Å². The van der Waals surface area contributed by atoms with Gasteiger partial charge in [0.25, 0.3) is 5.91 Å². The van der Waals surface area contributed by atoms with E-state index in [1.165, 1.54) is 42.2 Å². The number of hydrogen-bond donors (Lipinski definition) is 1. The summed E-state index contributed by atoms with van der Waals surface area (Å²) in [6.45, 7) is -0.0885. The Balaban J connectivity index is 1.65. The second kappa shape index (κ2) is 11.1. The zero-order valence-corrected chi connectivity index (χ0v) is 22.1. The highest BCUT2D eigenvalue weighted by atomic mass is 35.5. The average Bonchev–Trinajstić information content (AvgIpc) is 3.34. The summed E-state index contributed by atoms with van der Waals surface area (Å²) in [6.07, 6.45) is 1.23. The fourth-order valence-electron chi connectivity index (χ4n) is 4.29. The zero-order chi connectivity index (χ0) is 28.4. The van der Waals surface area contributed by atoms with E-state index in [0.717, 1.165) is 0 Å². The number of methoxy groups -OCH3 is 1. The summed E-state index contributed by atoms with van der Waals surface area (Å²) in [5.41, 5.74) is 7.04. The smallest absolute Gasteiger partial charge is 0.265 e. The quantitative estimate of drug-likeness (QED) is 0.220. The third-order valence-electron chi connectivity index (χ3n) is 6.21. The van der Waals surface area contributed by atoms with Crippen molar-refractivity contribution in [3.63, 3.8) is 0 Å². The van der Waals surface area contributed by atoms with Crippen molar-refractivity contribution in [3.05, 3.63) is 95.3 Å². The first-order chi connectivity index (χ1) is 19.3. The molecule has 202 valence electrons. The lowest BCUT2D eigenvalue weighted by molar-refractivity contribution is 0.100. The highest BCUT2D eigenvalue weighted by Crippen LogP contribution is 2.35. The van der Waals surface area contributed by atoms with E-state index in [2.05, 4.69) is 20.1 Å². The summed E-state index contributed by atoms with van der Waals surface area (Å²) in [7, 11) is 2.76. The van der Waals surface area contributed by atoms with Gasteiger partial charge in [-0.15, -0.1) is 0 Å². The Labute approximate surface area is 232 Å². The Bertz CT molecular complexity index is 1760. The molecular weight excluding hydrogens is 540 g/mol. The predicted octanol–water partition coefficient (Wildman–Crippen LogP) is 5.39. The van der Waals surface area contributed by atoms with E-state index in [0.29, 0.717) is 5.69 Å². The maximum Gasteiger partial charge on any atom is 0.265 e. The van der Waals surface area contributed by atoms with Crippen LogP contribution in [0.15, 0.2) is 78.0 Å². The van der Waals surface area contributed by atoms with Crippen LogP contribution in [0.3, 0.4) is 0 Å². The van der Waals surface area contributed by atoms with Crippen LogP contribution in [-0.2, 0) is 6.54 Å². The first-order valence-electron chi connectivity index (χ1n) is 11.9. The number of carbonyl (C=O) groups excluding carboxylic acids is 1. The fourth-order valence-corrected chi connectivity index (χ4v) is 4.51. The number of amidine groups is 1. The van der Waals surface area contributed by atoms with Gasteiger partial charge in [0, 0.05) is 12.6 Å². The number of nitrogen functional groups attached to an aromatic ring is 1. The van der Waals surface area contributed by atoms with E-state index in [-0.39, 0.29) is 56.8 Å². The van der Waals surface area contributed by atoms with Crippen molar-refractivity contribution in [1.29, 1.82) is 0 Å². The molecule has 0 aliphatic rings. The number of nitrogens with zero attached hydrogens (tertiary/aromatic N) is 6. The van der Waals surface area contributed by atoms with Crippen LogP contribution in [0.5, 0.6) is 5.75 Å². The van der Waals surface area contributed by atoms with Gasteiger partial charge in [-0.1, -0.05) is 41.9 Å². The molecule has 0 radical (unpaired) electrons. The van der Waals surface area contributed by atoms with Gasteiger partial charge >= 0.3 is 0 Å². The van der Waals surface area contributed by atoms with Gasteiger partial charge in [-0.2, -0.15) is 9.49 Å². The number of aromatic nitrogens is 4. The number of halogens is 3. The number of amides is 1. The van der Waals surface area contributed by atoms with Crippen LogP contribution in [0, 0.1) is 11.6 Å². The number of anilines is 2. The highest BCUT2D eigenvalue weighted by molar-refractivity contribution is 6.36. The van der Waals surface area contributed by atoms with Crippen LogP contribution in [0.2, 0.25) is 5.02 Å². The van der Waals surface area contributed by atoms with Crippen LogP contribution >= 0.6 is 11.6 Å². The standard InChI is InChI=1S/C28H22ClF2N7O2/c1-33-21(38(16-8-4-3-5-9-16)28(39)17-10-6-7-11-19(17)29)14-37-27-22(26(32)34-15-35-27)25(36-37)18-12-13-20(40-2)24(31)23(18)30/h3-13,15H,14H2,1-2H3,(H2,32,34,35). The molecule has 2 N–H and O–H groups in total. The molecule has 0 spiro atoms. The second-order valence-electron chi connectivity index (χ2n) is 8.50. The van der Waals surface area contributed by atoms with Crippen LogP contribution in [0.1, 0.15) is 10.4 Å². The Hall–Kier alpha value is -4.90. The van der Waals surface area contributed by atoms with Crippen molar-refractivity contribution < 1.29 is 18.3 Å². The molecule has 0 saturated heterocycles. The van der Waals surface area contributed by atoms with Crippen molar-refractivity contribution in [3.8, 4) is 17.0 Å². The van der Waals surface area contributed by atoms with Gasteiger partial charge in [-0.05, 0) is 36.4 Å². The molecule has 0 aliphatic heterocycles. The largest absolute Gasteiger partial charge is 0.494 e. The molecule has 9 nitrogen and oxygen atoms in total. The number of carbonyl (C=O) groups is 1. The topological polar surface area (TPSA) is 112 Å². The third kappa shape index (κ3) is 4.71. The molecule has 2 aromatic heterocycles. The van der Waals surface area contributed by atoms with Gasteiger partial charge < -0.3 is 10.5 Å². The van der Waals surface area contributed by atoms with E-state index in [1.54, 1.807) is 48.5 Å². The van der Waals surface area contributed by atoms with Gasteiger partial charge in [0.05, 0.1) is 28.8 Å². The normalized spacial score (nSPS) is 11.6.